The van der Waals surface area contributed by atoms with E-state index in [1.807, 2.05) is 25.1 Å². The molecule has 2 amide bonds. The Balaban J connectivity index is 1.89. The normalized spacial score (nSPS) is 19.3. The van der Waals surface area contributed by atoms with Crippen LogP contribution in [0.3, 0.4) is 0 Å². The van der Waals surface area contributed by atoms with Crippen LogP contribution in [0.4, 0.5) is 10.1 Å². The molecule has 0 spiro atoms. The van der Waals surface area contributed by atoms with Crippen LogP contribution in [0.15, 0.2) is 41.5 Å². The lowest BCUT2D eigenvalue weighted by atomic mass is 9.87. The molecule has 1 unspecified atom stereocenters. The lowest BCUT2D eigenvalue weighted by molar-refractivity contribution is -0.122. The fourth-order valence-electron chi connectivity index (χ4n) is 3.53. The minimum Gasteiger partial charge on any atom is -0.325 e. The number of hydrazone groups is 1. The van der Waals surface area contributed by atoms with Gasteiger partial charge in [0, 0.05) is 24.3 Å². The van der Waals surface area contributed by atoms with Crippen LogP contribution in [0.25, 0.3) is 11.1 Å². The largest absolute Gasteiger partial charge is 0.325 e. The van der Waals surface area contributed by atoms with Gasteiger partial charge < -0.3 is 5.32 Å². The summed E-state index contributed by atoms with van der Waals surface area (Å²) < 4.78 is 13.8. The Morgan fingerprint density at radius 2 is 1.92 bits per heavy atom. The van der Waals surface area contributed by atoms with Crippen molar-refractivity contribution < 1.29 is 14.0 Å². The summed E-state index contributed by atoms with van der Waals surface area (Å²) in [7, 11) is 0. The molecule has 0 saturated carbocycles. The summed E-state index contributed by atoms with van der Waals surface area (Å²) in [6.07, 6.45) is 1.41. The fraction of sp³-hybridized carbons (Fsp3) is 0.250. The molecule has 2 heterocycles. The number of halogens is 1. The number of anilines is 1. The Kier molecular flexibility index (Phi) is 4.03. The molecule has 4 rings (SSSR count). The maximum atomic E-state index is 13.8. The number of nitrogens with one attached hydrogen (secondary N) is 2. The van der Waals surface area contributed by atoms with Gasteiger partial charge in [-0.05, 0) is 47.4 Å². The molecule has 1 atom stereocenters. The maximum absolute atomic E-state index is 13.8. The second-order valence-electron chi connectivity index (χ2n) is 6.75. The van der Waals surface area contributed by atoms with Gasteiger partial charge in [-0.3, -0.25) is 9.59 Å². The Morgan fingerprint density at radius 1 is 1.08 bits per heavy atom. The Labute approximate surface area is 150 Å². The molecule has 132 valence electrons. The van der Waals surface area contributed by atoms with Gasteiger partial charge in [0.1, 0.15) is 5.82 Å². The van der Waals surface area contributed by atoms with Gasteiger partial charge in [-0.25, -0.2) is 9.82 Å². The van der Waals surface area contributed by atoms with E-state index >= 15 is 0 Å². The number of rotatable bonds is 2. The Hall–Kier alpha value is -3.02. The number of fused-ring (bicyclic) bond motifs is 1. The number of hydrogen-bond donors (Lipinski definition) is 2. The molecule has 2 N–H and O–H groups in total. The van der Waals surface area contributed by atoms with Gasteiger partial charge in [-0.1, -0.05) is 19.1 Å². The van der Waals surface area contributed by atoms with Crippen LogP contribution in [0, 0.1) is 11.7 Å². The third-order valence-corrected chi connectivity index (χ3v) is 4.80. The SMILES string of the molecule is CC1CC(=O)NN=C1c1cc2c(c(-c3cccc(F)c3)c1)NC(=O)CC2. The van der Waals surface area contributed by atoms with Crippen LogP contribution in [-0.4, -0.2) is 17.5 Å². The first-order chi connectivity index (χ1) is 12.5. The lowest BCUT2D eigenvalue weighted by Gasteiger charge is -2.25. The number of aryl methyl sites for hydroxylation is 1. The third kappa shape index (κ3) is 2.98. The van der Waals surface area contributed by atoms with Crippen LogP contribution in [0.2, 0.25) is 0 Å². The van der Waals surface area contributed by atoms with Crippen molar-refractivity contribution in [3.05, 3.63) is 53.3 Å². The standard InChI is InChI=1S/C20H18FN3O2/c1-11-7-18(26)23-24-19(11)14-8-13-5-6-17(25)22-20(13)16(10-14)12-3-2-4-15(21)9-12/h2-4,8-11H,5-7H2,1H3,(H,22,25)(H,23,26). The summed E-state index contributed by atoms with van der Waals surface area (Å²) in [6, 6.07) is 10.2. The van der Waals surface area contributed by atoms with Gasteiger partial charge >= 0.3 is 0 Å². The summed E-state index contributed by atoms with van der Waals surface area (Å²) in [5.74, 6) is -0.491. The van der Waals surface area contributed by atoms with Crippen molar-refractivity contribution in [2.24, 2.45) is 11.0 Å². The number of hydrogen-bond acceptors (Lipinski definition) is 3. The number of carbonyl (C=O) groups excluding carboxylic acids is 2. The van der Waals surface area contributed by atoms with Crippen LogP contribution in [-0.2, 0) is 16.0 Å². The predicted molar refractivity (Wildman–Crippen MR) is 97.2 cm³/mol. The van der Waals surface area contributed by atoms with E-state index in [0.29, 0.717) is 24.8 Å². The smallest absolute Gasteiger partial charge is 0.240 e. The van der Waals surface area contributed by atoms with Crippen molar-refractivity contribution in [1.29, 1.82) is 0 Å². The van der Waals surface area contributed by atoms with E-state index in [9.17, 15) is 14.0 Å². The second-order valence-corrected chi connectivity index (χ2v) is 6.75. The molecule has 5 nitrogen and oxygen atoms in total. The molecule has 0 aliphatic carbocycles. The average molecular weight is 351 g/mol. The molecule has 6 heteroatoms. The first kappa shape index (κ1) is 16.4. The minimum absolute atomic E-state index is 0.0136. The van der Waals surface area contributed by atoms with Crippen LogP contribution in [0.5, 0.6) is 0 Å². The second kappa shape index (κ2) is 6.37. The zero-order chi connectivity index (χ0) is 18.3. The summed E-state index contributed by atoms with van der Waals surface area (Å²) in [5, 5.41) is 7.16. The van der Waals surface area contributed by atoms with E-state index in [2.05, 4.69) is 15.8 Å². The van der Waals surface area contributed by atoms with E-state index in [1.165, 1.54) is 12.1 Å². The van der Waals surface area contributed by atoms with Gasteiger partial charge in [-0.2, -0.15) is 5.10 Å². The quantitative estimate of drug-likeness (QED) is 0.872. The first-order valence-electron chi connectivity index (χ1n) is 8.61. The Bertz CT molecular complexity index is 952. The van der Waals surface area contributed by atoms with Crippen molar-refractivity contribution in [1.82, 2.24) is 5.43 Å². The van der Waals surface area contributed by atoms with Crippen LogP contribution >= 0.6 is 0 Å². The third-order valence-electron chi connectivity index (χ3n) is 4.80. The topological polar surface area (TPSA) is 70.6 Å². The van der Waals surface area contributed by atoms with E-state index in [-0.39, 0.29) is 23.5 Å². The number of nitrogens with zero attached hydrogens (tertiary/aromatic N) is 1. The molecule has 0 saturated heterocycles. The number of benzene rings is 2. The van der Waals surface area contributed by atoms with Gasteiger partial charge in [0.15, 0.2) is 0 Å². The average Bonchev–Trinajstić information content (AvgIpc) is 2.61. The van der Waals surface area contributed by atoms with Crippen molar-refractivity contribution in [3.63, 3.8) is 0 Å². The summed E-state index contributed by atoms with van der Waals surface area (Å²) >= 11 is 0. The van der Waals surface area contributed by atoms with E-state index in [0.717, 1.165) is 28.1 Å². The molecule has 26 heavy (non-hydrogen) atoms. The van der Waals surface area contributed by atoms with Gasteiger partial charge in [-0.15, -0.1) is 0 Å². The summed E-state index contributed by atoms with van der Waals surface area (Å²) in [5.41, 5.74) is 7.38. The zero-order valence-electron chi connectivity index (χ0n) is 14.3. The molecule has 0 fully saturated rings. The van der Waals surface area contributed by atoms with Crippen molar-refractivity contribution >= 4 is 23.2 Å². The number of carbonyl (C=O) groups is 2. The van der Waals surface area contributed by atoms with Crippen molar-refractivity contribution in [3.8, 4) is 11.1 Å². The van der Waals surface area contributed by atoms with Gasteiger partial charge in [0.25, 0.3) is 0 Å². The molecule has 2 aliphatic rings. The molecule has 2 aromatic rings. The van der Waals surface area contributed by atoms with Gasteiger partial charge in [0.05, 0.1) is 11.4 Å². The minimum atomic E-state index is -0.334. The monoisotopic (exact) mass is 351 g/mol. The summed E-state index contributed by atoms with van der Waals surface area (Å²) in [4.78, 5) is 23.4. The highest BCUT2D eigenvalue weighted by atomic mass is 19.1. The Morgan fingerprint density at radius 3 is 2.69 bits per heavy atom. The lowest BCUT2D eigenvalue weighted by Crippen LogP contribution is -2.32. The van der Waals surface area contributed by atoms with Crippen LogP contribution < -0.4 is 10.7 Å². The van der Waals surface area contributed by atoms with Gasteiger partial charge in [0.2, 0.25) is 11.8 Å². The molecule has 0 bridgehead atoms. The molecular formula is C20H18FN3O2. The molecular weight excluding hydrogens is 333 g/mol. The van der Waals surface area contributed by atoms with E-state index in [4.69, 9.17) is 0 Å². The highest BCUT2D eigenvalue weighted by Crippen LogP contribution is 2.37. The molecule has 2 aliphatic heterocycles. The van der Waals surface area contributed by atoms with Crippen molar-refractivity contribution in [2.75, 3.05) is 5.32 Å². The molecule has 2 aromatic carbocycles. The van der Waals surface area contributed by atoms with Crippen molar-refractivity contribution in [2.45, 2.75) is 26.2 Å². The van der Waals surface area contributed by atoms with Crippen LogP contribution in [0.1, 0.15) is 30.9 Å². The van der Waals surface area contributed by atoms with E-state index in [1.54, 1.807) is 6.07 Å². The zero-order valence-corrected chi connectivity index (χ0v) is 14.3. The fourth-order valence-corrected chi connectivity index (χ4v) is 3.53. The first-order valence-corrected chi connectivity index (χ1v) is 8.61. The van der Waals surface area contributed by atoms with E-state index < -0.39 is 0 Å². The summed E-state index contributed by atoms with van der Waals surface area (Å²) in [6.45, 7) is 1.96. The number of amides is 2. The highest BCUT2D eigenvalue weighted by Gasteiger charge is 2.25. The highest BCUT2D eigenvalue weighted by molar-refractivity contribution is 6.08. The maximum Gasteiger partial charge on any atom is 0.240 e. The molecule has 0 radical (unpaired) electrons. The molecule has 0 aromatic heterocycles. The predicted octanol–water partition coefficient (Wildman–Crippen LogP) is 3.24.